The average Bonchev–Trinajstić information content (AvgIpc) is 2.27. The molecule has 0 aromatic heterocycles. The zero-order chi connectivity index (χ0) is 13.1. The number of sulfone groups is 1. The minimum absolute atomic E-state index is 0.0315. The molecule has 0 heterocycles. The van der Waals surface area contributed by atoms with Gasteiger partial charge in [-0.15, -0.1) is 0 Å². The maximum Gasteiger partial charge on any atom is 0.158 e. The molecule has 1 atom stereocenters. The number of rotatable bonds is 5. The van der Waals surface area contributed by atoms with E-state index < -0.39 is 15.1 Å². The predicted molar refractivity (Wildman–Crippen MR) is 68.9 cm³/mol. The predicted octanol–water partition coefficient (Wildman–Crippen LogP) is 1.27. The summed E-state index contributed by atoms with van der Waals surface area (Å²) in [5.41, 5.74) is 7.10. The summed E-state index contributed by atoms with van der Waals surface area (Å²) < 4.78 is 29.1. The Morgan fingerprint density at radius 2 is 2.06 bits per heavy atom. The Morgan fingerprint density at radius 3 is 2.59 bits per heavy atom. The van der Waals surface area contributed by atoms with Gasteiger partial charge in [0.05, 0.1) is 18.1 Å². The molecular weight excluding hydrogens is 238 g/mol. The fraction of sp³-hybridized carbons (Fsp3) is 0.500. The first-order chi connectivity index (χ1) is 7.90. The van der Waals surface area contributed by atoms with Crippen molar-refractivity contribution in [3.05, 3.63) is 29.3 Å². The van der Waals surface area contributed by atoms with Gasteiger partial charge in [-0.2, -0.15) is 0 Å². The molecule has 0 bridgehead atoms. The SMILES string of the molecule is COc1ccc(C)cc1CS(=O)(=O)C(C)CN. The van der Waals surface area contributed by atoms with Crippen molar-refractivity contribution < 1.29 is 13.2 Å². The molecule has 0 amide bonds. The molecule has 1 aromatic carbocycles. The number of hydrogen-bond acceptors (Lipinski definition) is 4. The van der Waals surface area contributed by atoms with E-state index >= 15 is 0 Å². The third-order valence-corrected chi connectivity index (χ3v) is 4.87. The quantitative estimate of drug-likeness (QED) is 0.862. The second kappa shape index (κ2) is 5.51. The van der Waals surface area contributed by atoms with Crippen LogP contribution in [0.3, 0.4) is 0 Å². The number of nitrogens with two attached hydrogens (primary N) is 1. The van der Waals surface area contributed by atoms with E-state index in [-0.39, 0.29) is 12.3 Å². The van der Waals surface area contributed by atoms with Crippen LogP contribution >= 0.6 is 0 Å². The molecule has 2 N–H and O–H groups in total. The number of hydrogen-bond donors (Lipinski definition) is 1. The first-order valence-corrected chi connectivity index (χ1v) is 7.17. The highest BCUT2D eigenvalue weighted by Crippen LogP contribution is 2.23. The van der Waals surface area contributed by atoms with Gasteiger partial charge in [-0.25, -0.2) is 8.42 Å². The van der Waals surface area contributed by atoms with E-state index in [0.29, 0.717) is 11.3 Å². The van der Waals surface area contributed by atoms with Crippen LogP contribution in [-0.4, -0.2) is 27.3 Å². The molecule has 0 fully saturated rings. The monoisotopic (exact) mass is 257 g/mol. The minimum atomic E-state index is -3.22. The fourth-order valence-corrected chi connectivity index (χ4v) is 2.76. The van der Waals surface area contributed by atoms with E-state index in [1.54, 1.807) is 13.0 Å². The summed E-state index contributed by atoms with van der Waals surface area (Å²) in [5.74, 6) is 0.569. The number of benzene rings is 1. The van der Waals surface area contributed by atoms with Crippen LogP contribution in [0.5, 0.6) is 5.75 Å². The maximum absolute atomic E-state index is 12.0. The van der Waals surface area contributed by atoms with Crippen molar-refractivity contribution >= 4 is 9.84 Å². The Balaban J connectivity index is 3.06. The largest absolute Gasteiger partial charge is 0.496 e. The van der Waals surface area contributed by atoms with Crippen LogP contribution in [0.1, 0.15) is 18.1 Å². The molecule has 0 saturated carbocycles. The first-order valence-electron chi connectivity index (χ1n) is 5.46. The summed E-state index contributed by atoms with van der Waals surface area (Å²) >= 11 is 0. The molecular formula is C12H19NO3S. The van der Waals surface area contributed by atoms with E-state index in [1.165, 1.54) is 7.11 Å². The molecule has 1 aromatic rings. The van der Waals surface area contributed by atoms with Gasteiger partial charge in [0.15, 0.2) is 9.84 Å². The van der Waals surface area contributed by atoms with Gasteiger partial charge in [-0.1, -0.05) is 17.7 Å². The van der Waals surface area contributed by atoms with E-state index in [4.69, 9.17) is 10.5 Å². The van der Waals surface area contributed by atoms with Crippen molar-refractivity contribution in [2.75, 3.05) is 13.7 Å². The van der Waals surface area contributed by atoms with E-state index in [2.05, 4.69) is 0 Å². The molecule has 5 heteroatoms. The molecule has 96 valence electrons. The van der Waals surface area contributed by atoms with Crippen molar-refractivity contribution in [2.24, 2.45) is 5.73 Å². The standard InChI is InChI=1S/C12H19NO3S/c1-9-4-5-12(16-3)11(6-9)8-17(14,15)10(2)7-13/h4-6,10H,7-8,13H2,1-3H3. The highest BCUT2D eigenvalue weighted by Gasteiger charge is 2.21. The zero-order valence-electron chi connectivity index (χ0n) is 10.4. The summed E-state index contributed by atoms with van der Waals surface area (Å²) in [7, 11) is -1.68. The first kappa shape index (κ1) is 14.0. The van der Waals surface area contributed by atoms with Crippen molar-refractivity contribution in [3.8, 4) is 5.75 Å². The van der Waals surface area contributed by atoms with Gasteiger partial charge in [0, 0.05) is 12.1 Å². The van der Waals surface area contributed by atoms with Gasteiger partial charge in [0.1, 0.15) is 5.75 Å². The van der Waals surface area contributed by atoms with Gasteiger partial charge < -0.3 is 10.5 Å². The Bertz CT molecular complexity index is 483. The zero-order valence-corrected chi connectivity index (χ0v) is 11.3. The Hall–Kier alpha value is -1.07. The van der Waals surface area contributed by atoms with Crippen molar-refractivity contribution in [3.63, 3.8) is 0 Å². The fourth-order valence-electron chi connectivity index (χ4n) is 1.53. The summed E-state index contributed by atoms with van der Waals surface area (Å²) in [6, 6.07) is 5.51. The molecule has 1 unspecified atom stereocenters. The number of methoxy groups -OCH3 is 1. The topological polar surface area (TPSA) is 69.4 Å². The smallest absolute Gasteiger partial charge is 0.158 e. The minimum Gasteiger partial charge on any atom is -0.496 e. The number of ether oxygens (including phenoxy) is 1. The molecule has 4 nitrogen and oxygen atoms in total. The van der Waals surface area contributed by atoms with Gasteiger partial charge in [0.25, 0.3) is 0 Å². The van der Waals surface area contributed by atoms with Crippen LogP contribution < -0.4 is 10.5 Å². The number of aryl methyl sites for hydroxylation is 1. The third kappa shape index (κ3) is 3.44. The Labute approximate surface area is 103 Å². The van der Waals surface area contributed by atoms with E-state index in [9.17, 15) is 8.42 Å². The lowest BCUT2D eigenvalue weighted by molar-refractivity contribution is 0.411. The van der Waals surface area contributed by atoms with E-state index in [0.717, 1.165) is 5.56 Å². The Kier molecular flexibility index (Phi) is 4.54. The second-order valence-corrected chi connectivity index (χ2v) is 6.59. The lowest BCUT2D eigenvalue weighted by Crippen LogP contribution is -2.27. The van der Waals surface area contributed by atoms with Crippen LogP contribution in [0.15, 0.2) is 18.2 Å². The summed E-state index contributed by atoms with van der Waals surface area (Å²) in [4.78, 5) is 0. The van der Waals surface area contributed by atoms with Crippen LogP contribution in [0, 0.1) is 6.92 Å². The normalized spacial score (nSPS) is 13.4. The van der Waals surface area contributed by atoms with Gasteiger partial charge in [0.2, 0.25) is 0 Å². The van der Waals surface area contributed by atoms with Crippen molar-refractivity contribution in [2.45, 2.75) is 24.9 Å². The third-order valence-electron chi connectivity index (χ3n) is 2.74. The van der Waals surface area contributed by atoms with Crippen LogP contribution in [0.4, 0.5) is 0 Å². The highest BCUT2D eigenvalue weighted by molar-refractivity contribution is 7.91. The van der Waals surface area contributed by atoms with Crippen LogP contribution in [0.2, 0.25) is 0 Å². The van der Waals surface area contributed by atoms with Crippen LogP contribution in [-0.2, 0) is 15.6 Å². The Morgan fingerprint density at radius 1 is 1.41 bits per heavy atom. The molecule has 0 saturated heterocycles. The lowest BCUT2D eigenvalue weighted by Gasteiger charge is -2.13. The molecule has 0 aliphatic carbocycles. The highest BCUT2D eigenvalue weighted by atomic mass is 32.2. The molecule has 0 aliphatic heterocycles. The van der Waals surface area contributed by atoms with Gasteiger partial charge >= 0.3 is 0 Å². The van der Waals surface area contributed by atoms with Crippen molar-refractivity contribution in [1.29, 1.82) is 0 Å². The average molecular weight is 257 g/mol. The van der Waals surface area contributed by atoms with Crippen LogP contribution in [0.25, 0.3) is 0 Å². The molecule has 17 heavy (non-hydrogen) atoms. The molecule has 0 radical (unpaired) electrons. The van der Waals surface area contributed by atoms with Gasteiger partial charge in [-0.05, 0) is 19.9 Å². The van der Waals surface area contributed by atoms with Gasteiger partial charge in [-0.3, -0.25) is 0 Å². The summed E-state index contributed by atoms with van der Waals surface area (Å²) in [5, 5.41) is -0.535. The second-order valence-electron chi connectivity index (χ2n) is 4.17. The molecule has 0 spiro atoms. The summed E-state index contributed by atoms with van der Waals surface area (Å²) in [6.07, 6.45) is 0. The molecule has 0 aliphatic rings. The lowest BCUT2D eigenvalue weighted by atomic mass is 10.1. The molecule has 1 rings (SSSR count). The van der Waals surface area contributed by atoms with E-state index in [1.807, 2.05) is 19.1 Å². The van der Waals surface area contributed by atoms with Crippen molar-refractivity contribution in [1.82, 2.24) is 0 Å². The summed E-state index contributed by atoms with van der Waals surface area (Å²) in [6.45, 7) is 3.68. The maximum atomic E-state index is 12.0.